The fraction of sp³-hybridized carbons (Fsp3) is 0.360. The lowest BCUT2D eigenvalue weighted by Gasteiger charge is -2.30. The van der Waals surface area contributed by atoms with Gasteiger partial charge in [0.25, 0.3) is 0 Å². The number of benzene rings is 2. The van der Waals surface area contributed by atoms with Crippen LogP contribution in [0.4, 0.5) is 9.52 Å². The van der Waals surface area contributed by atoms with Gasteiger partial charge in [-0.15, -0.1) is 0 Å². The first kappa shape index (κ1) is 22.6. The molecule has 1 fully saturated rings. The number of ether oxygens (including phenoxy) is 3. The van der Waals surface area contributed by atoms with Gasteiger partial charge in [-0.3, -0.25) is 9.88 Å². The molecule has 1 aliphatic heterocycles. The standard InChI is InChI=1S/C25H27FN4O3S/c1-31-21-12-16-17(13-22(21)32-2)28-7-6-19(16)33-20-14-23-18(29-25(27)34-23)10-15(20)11-24(26)30-8-4-3-5-9-30/h6-7,10,12-14,24H,3-5,8-9,11H2,1-2H3,(H2,27,29). The van der Waals surface area contributed by atoms with Crippen LogP contribution in [0.2, 0.25) is 0 Å². The molecule has 2 aromatic carbocycles. The molecule has 1 unspecified atom stereocenters. The summed E-state index contributed by atoms with van der Waals surface area (Å²) in [6.45, 7) is 1.56. The number of pyridine rings is 1. The van der Waals surface area contributed by atoms with E-state index in [0.717, 1.165) is 53.5 Å². The van der Waals surface area contributed by atoms with Gasteiger partial charge in [0.05, 0.1) is 30.0 Å². The van der Waals surface area contributed by atoms with Crippen molar-refractivity contribution in [2.24, 2.45) is 0 Å². The highest BCUT2D eigenvalue weighted by Gasteiger charge is 2.23. The molecule has 0 spiro atoms. The Balaban J connectivity index is 1.55. The van der Waals surface area contributed by atoms with Crippen molar-refractivity contribution in [1.82, 2.24) is 14.9 Å². The van der Waals surface area contributed by atoms with Gasteiger partial charge in [-0.1, -0.05) is 17.8 Å². The topological polar surface area (TPSA) is 82.7 Å². The summed E-state index contributed by atoms with van der Waals surface area (Å²) in [7, 11) is 3.17. The molecule has 0 radical (unpaired) electrons. The largest absolute Gasteiger partial charge is 0.493 e. The second kappa shape index (κ2) is 9.60. The van der Waals surface area contributed by atoms with Crippen LogP contribution in [0, 0.1) is 0 Å². The fourth-order valence-electron chi connectivity index (χ4n) is 4.43. The van der Waals surface area contributed by atoms with Gasteiger partial charge < -0.3 is 19.9 Å². The molecule has 2 aromatic heterocycles. The van der Waals surface area contributed by atoms with Crippen molar-refractivity contribution in [3.8, 4) is 23.0 Å². The normalized spacial score (nSPS) is 15.5. The van der Waals surface area contributed by atoms with Crippen molar-refractivity contribution in [1.29, 1.82) is 0 Å². The van der Waals surface area contributed by atoms with Gasteiger partial charge in [0, 0.05) is 48.8 Å². The molecule has 1 atom stereocenters. The molecular formula is C25H27FN4O3S. The number of nitrogens with two attached hydrogens (primary N) is 1. The van der Waals surface area contributed by atoms with Gasteiger partial charge >= 0.3 is 0 Å². The Morgan fingerprint density at radius 3 is 2.53 bits per heavy atom. The van der Waals surface area contributed by atoms with Crippen LogP contribution in [0.1, 0.15) is 24.8 Å². The van der Waals surface area contributed by atoms with Crippen LogP contribution < -0.4 is 19.9 Å². The van der Waals surface area contributed by atoms with E-state index < -0.39 is 6.30 Å². The highest BCUT2D eigenvalue weighted by atomic mass is 32.1. The zero-order chi connectivity index (χ0) is 23.7. The number of fused-ring (bicyclic) bond motifs is 2. The van der Waals surface area contributed by atoms with Crippen LogP contribution in [0.5, 0.6) is 23.0 Å². The van der Waals surface area contributed by atoms with Crippen molar-refractivity contribution in [2.75, 3.05) is 33.0 Å². The van der Waals surface area contributed by atoms with E-state index in [1.165, 1.54) is 11.3 Å². The Hall–Kier alpha value is -3.17. The van der Waals surface area contributed by atoms with Crippen LogP contribution in [0.3, 0.4) is 0 Å². The summed E-state index contributed by atoms with van der Waals surface area (Å²) in [4.78, 5) is 10.8. The molecule has 9 heteroatoms. The summed E-state index contributed by atoms with van der Waals surface area (Å²) >= 11 is 1.38. The van der Waals surface area contributed by atoms with E-state index in [4.69, 9.17) is 19.9 Å². The quantitative estimate of drug-likeness (QED) is 0.345. The minimum absolute atomic E-state index is 0.211. The summed E-state index contributed by atoms with van der Waals surface area (Å²) in [6.07, 6.45) is 4.01. The van der Waals surface area contributed by atoms with Crippen LogP contribution in [-0.4, -0.2) is 48.5 Å². The number of halogens is 1. The third-order valence-corrected chi connectivity index (χ3v) is 7.04. The zero-order valence-electron chi connectivity index (χ0n) is 19.2. The van der Waals surface area contributed by atoms with Crippen molar-refractivity contribution in [3.63, 3.8) is 0 Å². The number of thiazole rings is 1. The van der Waals surface area contributed by atoms with Crippen molar-refractivity contribution in [2.45, 2.75) is 32.0 Å². The molecule has 34 heavy (non-hydrogen) atoms. The minimum Gasteiger partial charge on any atom is -0.493 e. The average Bonchev–Trinajstić information content (AvgIpc) is 3.22. The highest BCUT2D eigenvalue weighted by Crippen LogP contribution is 2.39. The summed E-state index contributed by atoms with van der Waals surface area (Å²) < 4.78 is 33.5. The molecule has 3 heterocycles. The summed E-state index contributed by atoms with van der Waals surface area (Å²) in [6, 6.07) is 9.23. The number of alkyl halides is 1. The van der Waals surface area contributed by atoms with Gasteiger partial charge in [0.15, 0.2) is 22.9 Å². The first-order valence-corrected chi connectivity index (χ1v) is 12.1. The number of nitrogens with zero attached hydrogens (tertiary/aromatic N) is 3. The molecule has 5 rings (SSSR count). The number of aromatic nitrogens is 2. The summed E-state index contributed by atoms with van der Waals surface area (Å²) in [5.74, 6) is 2.34. The predicted molar refractivity (Wildman–Crippen MR) is 133 cm³/mol. The van der Waals surface area contributed by atoms with Crippen molar-refractivity contribution >= 4 is 37.6 Å². The lowest BCUT2D eigenvalue weighted by atomic mass is 10.1. The average molecular weight is 483 g/mol. The lowest BCUT2D eigenvalue weighted by Crippen LogP contribution is -2.37. The number of piperidine rings is 1. The summed E-state index contributed by atoms with van der Waals surface area (Å²) in [5.41, 5.74) is 8.15. The first-order valence-electron chi connectivity index (χ1n) is 11.3. The van der Waals surface area contributed by atoms with E-state index in [1.54, 1.807) is 26.5 Å². The number of hydrogen-bond donors (Lipinski definition) is 1. The predicted octanol–water partition coefficient (Wildman–Crippen LogP) is 5.56. The first-order chi connectivity index (χ1) is 16.6. The van der Waals surface area contributed by atoms with Crippen LogP contribution >= 0.6 is 11.3 Å². The van der Waals surface area contributed by atoms with Gasteiger partial charge in [0.2, 0.25) is 0 Å². The van der Waals surface area contributed by atoms with E-state index >= 15 is 4.39 Å². The maximum Gasteiger partial charge on any atom is 0.181 e. The van der Waals surface area contributed by atoms with E-state index in [9.17, 15) is 0 Å². The minimum atomic E-state index is -1.09. The fourth-order valence-corrected chi connectivity index (χ4v) is 5.18. The molecule has 178 valence electrons. The number of methoxy groups -OCH3 is 2. The number of anilines is 1. The smallest absolute Gasteiger partial charge is 0.181 e. The molecule has 0 amide bonds. The number of likely N-dealkylation sites (tertiary alicyclic amines) is 1. The maximum absolute atomic E-state index is 15.3. The van der Waals surface area contributed by atoms with Crippen molar-refractivity contribution < 1.29 is 18.6 Å². The molecule has 1 saturated heterocycles. The number of hydrogen-bond acceptors (Lipinski definition) is 8. The number of nitrogen functional groups attached to an aromatic ring is 1. The Morgan fingerprint density at radius 1 is 1.00 bits per heavy atom. The molecule has 0 bridgehead atoms. The molecule has 2 N–H and O–H groups in total. The SMILES string of the molecule is COc1cc2nccc(Oc3cc4sc(N)nc4cc3CC(F)N3CCCCC3)c2cc1OC. The zero-order valence-corrected chi connectivity index (χ0v) is 20.0. The molecule has 1 aliphatic rings. The maximum atomic E-state index is 15.3. The number of rotatable bonds is 7. The van der Waals surface area contributed by atoms with Gasteiger partial charge in [0.1, 0.15) is 11.5 Å². The summed E-state index contributed by atoms with van der Waals surface area (Å²) in [5, 5.41) is 1.24. The third kappa shape index (κ3) is 4.45. The van der Waals surface area contributed by atoms with E-state index in [0.29, 0.717) is 33.6 Å². The Morgan fingerprint density at radius 2 is 1.76 bits per heavy atom. The van der Waals surface area contributed by atoms with E-state index in [-0.39, 0.29) is 6.42 Å². The lowest BCUT2D eigenvalue weighted by molar-refractivity contribution is 0.0639. The Kier molecular flexibility index (Phi) is 6.38. The van der Waals surface area contributed by atoms with E-state index in [2.05, 4.69) is 9.97 Å². The van der Waals surface area contributed by atoms with Crippen molar-refractivity contribution in [3.05, 3.63) is 42.1 Å². The molecule has 4 aromatic rings. The van der Waals surface area contributed by atoms with E-state index in [1.807, 2.05) is 29.2 Å². The highest BCUT2D eigenvalue weighted by molar-refractivity contribution is 7.22. The second-order valence-electron chi connectivity index (χ2n) is 8.35. The molecule has 0 aliphatic carbocycles. The van der Waals surface area contributed by atoms with Crippen LogP contribution in [0.15, 0.2) is 36.5 Å². The Bertz CT molecular complexity index is 1320. The Labute approximate surface area is 201 Å². The second-order valence-corrected chi connectivity index (χ2v) is 9.41. The van der Waals surface area contributed by atoms with Gasteiger partial charge in [-0.25, -0.2) is 9.37 Å². The molecule has 7 nitrogen and oxygen atoms in total. The third-order valence-electron chi connectivity index (χ3n) is 6.19. The van der Waals surface area contributed by atoms with Crippen LogP contribution in [-0.2, 0) is 6.42 Å². The molecule has 0 saturated carbocycles. The van der Waals surface area contributed by atoms with Gasteiger partial charge in [-0.2, -0.15) is 0 Å². The molecular weight excluding hydrogens is 455 g/mol. The monoisotopic (exact) mass is 482 g/mol. The van der Waals surface area contributed by atoms with Gasteiger partial charge in [-0.05, 0) is 31.0 Å². The van der Waals surface area contributed by atoms with Crippen LogP contribution in [0.25, 0.3) is 21.1 Å².